The summed E-state index contributed by atoms with van der Waals surface area (Å²) in [6, 6.07) is 7.35. The van der Waals surface area contributed by atoms with Crippen LogP contribution in [0.4, 0.5) is 18.9 Å². The average molecular weight is 322 g/mol. The molecule has 0 aliphatic carbocycles. The van der Waals surface area contributed by atoms with Gasteiger partial charge in [-0.25, -0.2) is 0 Å². The summed E-state index contributed by atoms with van der Waals surface area (Å²) in [4.78, 5) is 0. The Kier molecular flexibility index (Phi) is 4.01. The third kappa shape index (κ3) is 3.29. The standard InChI is InChI=1S/C13H8Cl2F3NO/c14-9-6-8(2-3-11(9)19)20-12-4-1-7(5-10(12)15)13(16,17)18/h1-6H,19H2. The first kappa shape index (κ1) is 14.8. The van der Waals surface area contributed by atoms with Gasteiger partial charge in [0.2, 0.25) is 0 Å². The van der Waals surface area contributed by atoms with Gasteiger partial charge in [-0.2, -0.15) is 13.2 Å². The van der Waals surface area contributed by atoms with Gasteiger partial charge in [-0.1, -0.05) is 23.2 Å². The Bertz CT molecular complexity index is 644. The normalized spacial score (nSPS) is 11.4. The van der Waals surface area contributed by atoms with Crippen molar-refractivity contribution < 1.29 is 17.9 Å². The molecular weight excluding hydrogens is 314 g/mol. The summed E-state index contributed by atoms with van der Waals surface area (Å²) in [5, 5.41) is 0.137. The molecule has 2 aromatic rings. The highest BCUT2D eigenvalue weighted by atomic mass is 35.5. The number of alkyl halides is 3. The molecule has 2 nitrogen and oxygen atoms in total. The van der Waals surface area contributed by atoms with Crippen LogP contribution in [0.25, 0.3) is 0 Å². The number of anilines is 1. The van der Waals surface area contributed by atoms with E-state index in [2.05, 4.69) is 0 Å². The Morgan fingerprint density at radius 1 is 0.950 bits per heavy atom. The lowest BCUT2D eigenvalue weighted by molar-refractivity contribution is -0.137. The van der Waals surface area contributed by atoms with E-state index in [4.69, 9.17) is 33.7 Å². The molecule has 0 bridgehead atoms. The van der Waals surface area contributed by atoms with Crippen molar-refractivity contribution in [1.29, 1.82) is 0 Å². The molecule has 2 aromatic carbocycles. The molecule has 0 aliphatic heterocycles. The lowest BCUT2D eigenvalue weighted by Gasteiger charge is -2.11. The van der Waals surface area contributed by atoms with Crippen molar-refractivity contribution in [1.82, 2.24) is 0 Å². The molecule has 0 spiro atoms. The molecule has 0 radical (unpaired) electrons. The van der Waals surface area contributed by atoms with E-state index in [-0.39, 0.29) is 15.8 Å². The maximum atomic E-state index is 12.5. The van der Waals surface area contributed by atoms with Crippen LogP contribution in [0, 0.1) is 0 Å². The third-order valence-electron chi connectivity index (χ3n) is 2.46. The zero-order valence-electron chi connectivity index (χ0n) is 9.84. The Morgan fingerprint density at radius 3 is 2.20 bits per heavy atom. The largest absolute Gasteiger partial charge is 0.456 e. The van der Waals surface area contributed by atoms with E-state index in [0.29, 0.717) is 11.4 Å². The van der Waals surface area contributed by atoms with Crippen LogP contribution in [-0.4, -0.2) is 0 Å². The first-order valence-corrected chi connectivity index (χ1v) is 6.12. The number of nitrogen functional groups attached to an aromatic ring is 1. The summed E-state index contributed by atoms with van der Waals surface area (Å²) in [6.07, 6.45) is -4.45. The molecule has 0 saturated carbocycles. The second-order valence-corrected chi connectivity index (χ2v) is 4.74. The Hall–Kier alpha value is -1.59. The number of halogens is 5. The summed E-state index contributed by atoms with van der Waals surface area (Å²) >= 11 is 11.6. The van der Waals surface area contributed by atoms with E-state index in [1.54, 1.807) is 0 Å². The van der Waals surface area contributed by atoms with Crippen LogP contribution in [0.5, 0.6) is 11.5 Å². The van der Waals surface area contributed by atoms with Crippen LogP contribution in [-0.2, 0) is 6.18 Å². The maximum absolute atomic E-state index is 12.5. The zero-order chi connectivity index (χ0) is 14.9. The van der Waals surface area contributed by atoms with Crippen molar-refractivity contribution in [3.05, 3.63) is 52.0 Å². The zero-order valence-corrected chi connectivity index (χ0v) is 11.4. The highest BCUT2D eigenvalue weighted by Crippen LogP contribution is 2.37. The fourth-order valence-corrected chi connectivity index (χ4v) is 1.85. The van der Waals surface area contributed by atoms with Gasteiger partial charge in [-0.15, -0.1) is 0 Å². The Morgan fingerprint density at radius 2 is 1.65 bits per heavy atom. The summed E-state index contributed by atoms with van der Waals surface area (Å²) in [5.41, 5.74) is 5.07. The van der Waals surface area contributed by atoms with E-state index in [9.17, 15) is 13.2 Å². The SMILES string of the molecule is Nc1ccc(Oc2ccc(C(F)(F)F)cc2Cl)cc1Cl. The first-order chi connectivity index (χ1) is 9.27. The van der Waals surface area contributed by atoms with Crippen LogP contribution in [0.1, 0.15) is 5.56 Å². The van der Waals surface area contributed by atoms with E-state index in [1.165, 1.54) is 18.2 Å². The smallest absolute Gasteiger partial charge is 0.416 e. The van der Waals surface area contributed by atoms with Gasteiger partial charge in [-0.3, -0.25) is 0 Å². The summed E-state index contributed by atoms with van der Waals surface area (Å²) in [6.45, 7) is 0. The van der Waals surface area contributed by atoms with Gasteiger partial charge in [0, 0.05) is 6.07 Å². The lowest BCUT2D eigenvalue weighted by atomic mass is 10.2. The Balaban J connectivity index is 2.28. The quantitative estimate of drug-likeness (QED) is 0.753. The van der Waals surface area contributed by atoms with Gasteiger partial charge in [-0.05, 0) is 30.3 Å². The maximum Gasteiger partial charge on any atom is 0.416 e. The molecule has 0 saturated heterocycles. The molecule has 0 heterocycles. The van der Waals surface area contributed by atoms with Crippen molar-refractivity contribution in [3.63, 3.8) is 0 Å². The lowest BCUT2D eigenvalue weighted by Crippen LogP contribution is -2.04. The van der Waals surface area contributed by atoms with Crippen molar-refractivity contribution >= 4 is 28.9 Å². The van der Waals surface area contributed by atoms with Crippen LogP contribution < -0.4 is 10.5 Å². The van der Waals surface area contributed by atoms with Crippen LogP contribution in [0.3, 0.4) is 0 Å². The molecule has 106 valence electrons. The topological polar surface area (TPSA) is 35.2 Å². The van der Waals surface area contributed by atoms with Crippen molar-refractivity contribution in [2.75, 3.05) is 5.73 Å². The van der Waals surface area contributed by atoms with Gasteiger partial charge in [0.25, 0.3) is 0 Å². The number of rotatable bonds is 2. The number of ether oxygens (including phenoxy) is 1. The second kappa shape index (κ2) is 5.42. The summed E-state index contributed by atoms with van der Waals surface area (Å²) in [7, 11) is 0. The van der Waals surface area contributed by atoms with Crippen LogP contribution in [0.2, 0.25) is 10.0 Å². The van der Waals surface area contributed by atoms with E-state index in [0.717, 1.165) is 18.2 Å². The molecule has 0 unspecified atom stereocenters. The molecule has 20 heavy (non-hydrogen) atoms. The van der Waals surface area contributed by atoms with Gasteiger partial charge in [0.15, 0.2) is 0 Å². The predicted molar refractivity (Wildman–Crippen MR) is 72.4 cm³/mol. The average Bonchev–Trinajstić information content (AvgIpc) is 2.35. The predicted octanol–water partition coefficient (Wildman–Crippen LogP) is 5.39. The van der Waals surface area contributed by atoms with E-state index in [1.807, 2.05) is 0 Å². The van der Waals surface area contributed by atoms with Gasteiger partial charge in [0.1, 0.15) is 11.5 Å². The molecular formula is C13H8Cl2F3NO. The molecule has 0 amide bonds. The first-order valence-electron chi connectivity index (χ1n) is 5.37. The highest BCUT2D eigenvalue weighted by Gasteiger charge is 2.31. The van der Waals surface area contributed by atoms with E-state index >= 15 is 0 Å². The van der Waals surface area contributed by atoms with Gasteiger partial charge >= 0.3 is 6.18 Å². The molecule has 2 N–H and O–H groups in total. The van der Waals surface area contributed by atoms with Crippen molar-refractivity contribution in [2.45, 2.75) is 6.18 Å². The number of nitrogens with two attached hydrogens (primary N) is 1. The molecule has 2 rings (SSSR count). The highest BCUT2D eigenvalue weighted by molar-refractivity contribution is 6.33. The monoisotopic (exact) mass is 321 g/mol. The fourth-order valence-electron chi connectivity index (χ4n) is 1.46. The minimum Gasteiger partial charge on any atom is -0.456 e. The minimum atomic E-state index is -4.45. The molecule has 0 fully saturated rings. The van der Waals surface area contributed by atoms with Crippen molar-refractivity contribution in [2.24, 2.45) is 0 Å². The molecule has 0 aromatic heterocycles. The third-order valence-corrected chi connectivity index (χ3v) is 3.08. The number of benzene rings is 2. The molecule has 0 atom stereocenters. The fraction of sp³-hybridized carbons (Fsp3) is 0.0769. The molecule has 7 heteroatoms. The van der Waals surface area contributed by atoms with E-state index < -0.39 is 11.7 Å². The summed E-state index contributed by atoms with van der Waals surface area (Å²) < 4.78 is 42.9. The second-order valence-electron chi connectivity index (χ2n) is 3.93. The number of hydrogen-bond donors (Lipinski definition) is 1. The number of hydrogen-bond acceptors (Lipinski definition) is 2. The van der Waals surface area contributed by atoms with Gasteiger partial charge in [0.05, 0.1) is 21.3 Å². The van der Waals surface area contributed by atoms with Crippen LogP contribution in [0.15, 0.2) is 36.4 Å². The summed E-state index contributed by atoms with van der Waals surface area (Å²) in [5.74, 6) is 0.423. The Labute approximate surface area is 122 Å². The van der Waals surface area contributed by atoms with Crippen LogP contribution >= 0.6 is 23.2 Å². The van der Waals surface area contributed by atoms with Gasteiger partial charge < -0.3 is 10.5 Å². The molecule has 0 aliphatic rings. The van der Waals surface area contributed by atoms with Crippen molar-refractivity contribution in [3.8, 4) is 11.5 Å². The minimum absolute atomic E-state index is 0.0977.